The summed E-state index contributed by atoms with van der Waals surface area (Å²) < 4.78 is 33.1. The van der Waals surface area contributed by atoms with Crippen LogP contribution in [0.15, 0.2) is 48.5 Å². The Bertz CT molecular complexity index is 1660. The lowest BCUT2D eigenvalue weighted by Crippen LogP contribution is -2.12. The minimum Gasteiger partial charge on any atom is -0.497 e. The maximum Gasteiger partial charge on any atom is 0.353 e. The van der Waals surface area contributed by atoms with Crippen LogP contribution in [0, 0.1) is 0 Å². The van der Waals surface area contributed by atoms with Gasteiger partial charge in [-0.05, 0) is 55.8 Å². The number of carboxylic acids is 1. The number of fused-ring (bicyclic) bond motifs is 2. The second-order valence-corrected chi connectivity index (χ2v) is 9.48. The van der Waals surface area contributed by atoms with E-state index in [9.17, 15) is 9.90 Å². The summed E-state index contributed by atoms with van der Waals surface area (Å²) in [5, 5.41) is 11.3. The molecular formula is C28H27N3O6S. The van der Waals surface area contributed by atoms with Crippen molar-refractivity contribution in [3.63, 3.8) is 0 Å². The molecule has 0 aliphatic rings. The molecule has 5 aromatic rings. The minimum absolute atomic E-state index is 0.110. The van der Waals surface area contributed by atoms with Crippen molar-refractivity contribution in [2.24, 2.45) is 0 Å². The Balaban J connectivity index is 1.84. The van der Waals surface area contributed by atoms with E-state index in [0.29, 0.717) is 50.5 Å². The molecule has 2 aromatic heterocycles. The van der Waals surface area contributed by atoms with Crippen LogP contribution in [-0.4, -0.2) is 51.8 Å². The molecule has 0 saturated heterocycles. The molecule has 1 N–H and O–H groups in total. The average molecular weight is 534 g/mol. The van der Waals surface area contributed by atoms with Crippen LogP contribution < -0.4 is 18.9 Å². The smallest absolute Gasteiger partial charge is 0.353 e. The first-order chi connectivity index (χ1) is 18.3. The van der Waals surface area contributed by atoms with Crippen LogP contribution in [0.2, 0.25) is 0 Å². The van der Waals surface area contributed by atoms with E-state index < -0.39 is 5.97 Å². The van der Waals surface area contributed by atoms with Crippen molar-refractivity contribution in [2.75, 3.05) is 21.3 Å². The van der Waals surface area contributed by atoms with Crippen molar-refractivity contribution in [3.8, 4) is 34.1 Å². The van der Waals surface area contributed by atoms with E-state index in [4.69, 9.17) is 18.9 Å². The number of aromatic nitrogens is 3. The number of carbonyl (C=O) groups is 1. The highest BCUT2D eigenvalue weighted by molar-refractivity contribution is 7.00. The van der Waals surface area contributed by atoms with Crippen molar-refractivity contribution in [1.29, 1.82) is 0 Å². The van der Waals surface area contributed by atoms with Crippen molar-refractivity contribution >= 4 is 39.6 Å². The van der Waals surface area contributed by atoms with Gasteiger partial charge in [0.25, 0.3) is 0 Å². The summed E-state index contributed by atoms with van der Waals surface area (Å²) in [6.45, 7) is 4.07. The minimum atomic E-state index is -1.07. The van der Waals surface area contributed by atoms with Gasteiger partial charge in [0.1, 0.15) is 28.2 Å². The molecule has 0 aliphatic carbocycles. The third-order valence-corrected chi connectivity index (χ3v) is 6.83. The molecule has 0 aliphatic heterocycles. The molecule has 10 heteroatoms. The highest BCUT2D eigenvalue weighted by Crippen LogP contribution is 2.43. The van der Waals surface area contributed by atoms with Gasteiger partial charge in [-0.1, -0.05) is 6.07 Å². The normalized spacial score (nSPS) is 11.3. The number of benzene rings is 3. The van der Waals surface area contributed by atoms with E-state index >= 15 is 0 Å². The van der Waals surface area contributed by atoms with Crippen molar-refractivity contribution in [3.05, 3.63) is 59.8 Å². The molecular weight excluding hydrogens is 506 g/mol. The van der Waals surface area contributed by atoms with Gasteiger partial charge in [0.15, 0.2) is 11.5 Å². The molecule has 3 aromatic carbocycles. The molecule has 0 atom stereocenters. The summed E-state index contributed by atoms with van der Waals surface area (Å²) in [4.78, 5) is 12.9. The first kappa shape index (κ1) is 25.3. The molecule has 2 heterocycles. The molecule has 5 rings (SSSR count). The molecule has 0 fully saturated rings. The van der Waals surface area contributed by atoms with Gasteiger partial charge in [-0.2, -0.15) is 8.75 Å². The monoisotopic (exact) mass is 533 g/mol. The van der Waals surface area contributed by atoms with Gasteiger partial charge >= 0.3 is 5.97 Å². The molecule has 0 amide bonds. The van der Waals surface area contributed by atoms with Crippen LogP contribution in [0.5, 0.6) is 23.0 Å². The van der Waals surface area contributed by atoms with Crippen LogP contribution in [0.1, 0.15) is 29.9 Å². The summed E-state index contributed by atoms with van der Waals surface area (Å²) >= 11 is 1.12. The van der Waals surface area contributed by atoms with E-state index in [2.05, 4.69) is 8.75 Å². The Morgan fingerprint density at radius 2 is 1.68 bits per heavy atom. The predicted molar refractivity (Wildman–Crippen MR) is 146 cm³/mol. The van der Waals surface area contributed by atoms with Gasteiger partial charge in [0, 0.05) is 22.6 Å². The average Bonchev–Trinajstić information content (AvgIpc) is 3.49. The lowest BCUT2D eigenvalue weighted by Gasteiger charge is -2.16. The van der Waals surface area contributed by atoms with Crippen LogP contribution in [0.25, 0.3) is 33.1 Å². The third kappa shape index (κ3) is 4.47. The molecule has 0 unspecified atom stereocenters. The molecule has 0 bridgehead atoms. The fourth-order valence-electron chi connectivity index (χ4n) is 4.65. The summed E-state index contributed by atoms with van der Waals surface area (Å²) in [5.74, 6) is 1.22. The fraction of sp³-hybridized carbons (Fsp3) is 0.250. The van der Waals surface area contributed by atoms with E-state index in [1.807, 2.05) is 50.2 Å². The third-order valence-electron chi connectivity index (χ3n) is 6.27. The van der Waals surface area contributed by atoms with Crippen molar-refractivity contribution in [1.82, 2.24) is 13.3 Å². The highest BCUT2D eigenvalue weighted by Gasteiger charge is 2.27. The van der Waals surface area contributed by atoms with Crippen LogP contribution in [-0.2, 0) is 6.54 Å². The zero-order valence-electron chi connectivity index (χ0n) is 21.6. The Labute approximate surface area is 223 Å². The maximum absolute atomic E-state index is 12.9. The quantitative estimate of drug-likeness (QED) is 0.251. The number of hydrogen-bond donors (Lipinski definition) is 1. The number of carboxylic acid groups (broad SMARTS) is 1. The molecule has 196 valence electrons. The topological polar surface area (TPSA) is 105 Å². The Morgan fingerprint density at radius 3 is 2.37 bits per heavy atom. The SMILES string of the molecule is COc1ccc(OC)c(Cn2c(C(=O)O)c(-c3ccc4nsnc4c3)c3cc(OC)c(OC(C)C)cc32)c1. The standard InChI is InChI=1S/C28H27N3O6S/c1-15(2)37-25-13-22-19(12-24(25)36-5)26(16-6-8-20-21(11-16)30-38-29-20)27(28(32)33)31(22)14-17-10-18(34-3)7-9-23(17)35-4/h6-13,15H,14H2,1-5H3,(H,32,33). The lowest BCUT2D eigenvalue weighted by molar-refractivity contribution is 0.0687. The van der Waals surface area contributed by atoms with Gasteiger partial charge in [-0.15, -0.1) is 0 Å². The highest BCUT2D eigenvalue weighted by atomic mass is 32.1. The Kier molecular flexibility index (Phi) is 6.81. The number of hydrogen-bond acceptors (Lipinski definition) is 8. The zero-order chi connectivity index (χ0) is 27.0. The van der Waals surface area contributed by atoms with Gasteiger partial charge in [0.05, 0.1) is 51.2 Å². The maximum atomic E-state index is 12.9. The first-order valence-corrected chi connectivity index (χ1v) is 12.6. The van der Waals surface area contributed by atoms with Crippen LogP contribution in [0.3, 0.4) is 0 Å². The van der Waals surface area contributed by atoms with Gasteiger partial charge < -0.3 is 28.6 Å². The second kappa shape index (κ2) is 10.2. The Hall–Kier alpha value is -4.31. The molecule has 0 radical (unpaired) electrons. The number of rotatable bonds is 9. The summed E-state index contributed by atoms with van der Waals surface area (Å²) in [6.07, 6.45) is -0.110. The van der Waals surface area contributed by atoms with Gasteiger partial charge in [-0.25, -0.2) is 4.79 Å². The Morgan fingerprint density at radius 1 is 0.921 bits per heavy atom. The molecule has 38 heavy (non-hydrogen) atoms. The van der Waals surface area contributed by atoms with Gasteiger partial charge in [-0.3, -0.25) is 0 Å². The predicted octanol–water partition coefficient (Wildman–Crippen LogP) is 5.87. The zero-order valence-corrected chi connectivity index (χ0v) is 22.5. The number of methoxy groups -OCH3 is 3. The number of nitrogens with zero attached hydrogens (tertiary/aromatic N) is 3. The van der Waals surface area contributed by atoms with E-state index in [1.54, 1.807) is 38.0 Å². The second-order valence-electron chi connectivity index (χ2n) is 8.95. The lowest BCUT2D eigenvalue weighted by atomic mass is 10.0. The summed E-state index contributed by atoms with van der Waals surface area (Å²) in [6, 6.07) is 14.7. The van der Waals surface area contributed by atoms with Crippen LogP contribution >= 0.6 is 11.7 Å². The first-order valence-electron chi connectivity index (χ1n) is 11.9. The molecule has 9 nitrogen and oxygen atoms in total. The van der Waals surface area contributed by atoms with Crippen molar-refractivity contribution in [2.45, 2.75) is 26.5 Å². The summed E-state index contributed by atoms with van der Waals surface area (Å²) in [5.41, 5.74) is 4.28. The van der Waals surface area contributed by atoms with Gasteiger partial charge in [0.2, 0.25) is 0 Å². The molecule has 0 spiro atoms. The van der Waals surface area contributed by atoms with E-state index in [1.165, 1.54) is 0 Å². The van der Waals surface area contributed by atoms with E-state index in [0.717, 1.165) is 22.8 Å². The number of aromatic carboxylic acids is 1. The van der Waals surface area contributed by atoms with Crippen LogP contribution in [0.4, 0.5) is 0 Å². The van der Waals surface area contributed by atoms with Crippen molar-refractivity contribution < 1.29 is 28.8 Å². The number of ether oxygens (including phenoxy) is 4. The van der Waals surface area contributed by atoms with E-state index in [-0.39, 0.29) is 18.3 Å². The summed E-state index contributed by atoms with van der Waals surface area (Å²) in [7, 11) is 4.74. The fourth-order valence-corrected chi connectivity index (χ4v) is 5.17. The largest absolute Gasteiger partial charge is 0.497 e. The molecule has 0 saturated carbocycles.